The molecule has 3 aromatic heterocycles. The minimum Gasteiger partial charge on any atom is -0.363 e. The van der Waals surface area contributed by atoms with Crippen LogP contribution in [0.2, 0.25) is 0 Å². The van der Waals surface area contributed by atoms with Crippen molar-refractivity contribution in [1.82, 2.24) is 34.7 Å². The lowest BCUT2D eigenvalue weighted by atomic mass is 9.77. The van der Waals surface area contributed by atoms with Crippen LogP contribution in [0.1, 0.15) is 104 Å². The molecule has 45 heavy (non-hydrogen) atoms. The van der Waals surface area contributed by atoms with Crippen LogP contribution in [0.4, 0.5) is 30.7 Å². The molecule has 0 unspecified atom stereocenters. The van der Waals surface area contributed by atoms with Crippen molar-refractivity contribution in [2.24, 2.45) is 17.6 Å². The molecule has 0 spiro atoms. The van der Waals surface area contributed by atoms with Crippen molar-refractivity contribution >= 4 is 17.5 Å². The van der Waals surface area contributed by atoms with Crippen molar-refractivity contribution in [3.63, 3.8) is 0 Å². The van der Waals surface area contributed by atoms with Gasteiger partial charge in [0.25, 0.3) is 5.91 Å². The van der Waals surface area contributed by atoms with E-state index in [1.165, 1.54) is 10.7 Å². The zero-order valence-corrected chi connectivity index (χ0v) is 24.3. The quantitative estimate of drug-likeness (QED) is 0.256. The minimum absolute atomic E-state index is 0.0195. The summed E-state index contributed by atoms with van der Waals surface area (Å²) in [5.74, 6) is -9.20. The van der Waals surface area contributed by atoms with Crippen LogP contribution in [0.5, 0.6) is 0 Å². The Morgan fingerprint density at radius 1 is 1.07 bits per heavy atom. The van der Waals surface area contributed by atoms with Crippen molar-refractivity contribution in [2.45, 2.75) is 101 Å². The van der Waals surface area contributed by atoms with Crippen molar-refractivity contribution < 1.29 is 40.3 Å². The number of amides is 2. The fourth-order valence-electron chi connectivity index (χ4n) is 5.75. The maximum Gasteiger partial charge on any atom is 0.389 e. The van der Waals surface area contributed by atoms with Crippen molar-refractivity contribution in [3.8, 4) is 0 Å². The third kappa shape index (κ3) is 8.28. The van der Waals surface area contributed by atoms with Gasteiger partial charge in [-0.15, -0.1) is 0 Å². The molecule has 0 saturated heterocycles. The smallest absolute Gasteiger partial charge is 0.363 e. The zero-order chi connectivity index (χ0) is 32.7. The Bertz CT molecular complexity index is 1530. The zero-order valence-electron chi connectivity index (χ0n) is 24.3. The molecule has 2 atom stereocenters. The summed E-state index contributed by atoms with van der Waals surface area (Å²) >= 11 is 0. The molecular formula is C28H33F7N8O2. The number of nitrogens with two attached hydrogens (primary N) is 1. The Balaban J connectivity index is 1.47. The number of primary amides is 1. The van der Waals surface area contributed by atoms with Crippen molar-refractivity contribution in [2.75, 3.05) is 0 Å². The van der Waals surface area contributed by atoms with Crippen molar-refractivity contribution in [3.05, 3.63) is 41.4 Å². The first-order valence-electron chi connectivity index (χ1n) is 14.7. The highest BCUT2D eigenvalue weighted by molar-refractivity contribution is 5.89. The Morgan fingerprint density at radius 3 is 2.36 bits per heavy atom. The summed E-state index contributed by atoms with van der Waals surface area (Å²) in [5, 5.41) is 11.4. The maximum atomic E-state index is 14.1. The fraction of sp³-hybridized carbons (Fsp3) is 0.643. The summed E-state index contributed by atoms with van der Waals surface area (Å²) in [4.78, 5) is 33.4. The lowest BCUT2D eigenvalue weighted by Crippen LogP contribution is -2.30. The van der Waals surface area contributed by atoms with E-state index in [-0.39, 0.29) is 37.0 Å². The van der Waals surface area contributed by atoms with Crippen LogP contribution in [-0.2, 0) is 11.3 Å². The van der Waals surface area contributed by atoms with Gasteiger partial charge in [0, 0.05) is 32.2 Å². The summed E-state index contributed by atoms with van der Waals surface area (Å²) in [6, 6.07) is 1.06. The number of carbonyl (C=O) groups is 2. The monoisotopic (exact) mass is 646 g/mol. The summed E-state index contributed by atoms with van der Waals surface area (Å²) in [5.41, 5.74) is 6.65. The molecule has 2 saturated carbocycles. The molecule has 3 heterocycles. The molecule has 10 nitrogen and oxygen atoms in total. The molecule has 0 aliphatic heterocycles. The number of nitrogens with zero attached hydrogens (tertiary/aromatic N) is 6. The number of hydrogen-bond acceptors (Lipinski definition) is 6. The van der Waals surface area contributed by atoms with E-state index in [9.17, 15) is 40.3 Å². The average molecular weight is 647 g/mol. The molecule has 0 aromatic carbocycles. The highest BCUT2D eigenvalue weighted by atomic mass is 19.4. The summed E-state index contributed by atoms with van der Waals surface area (Å²) in [7, 11) is 0. The normalized spacial score (nSPS) is 19.0. The second-order valence-corrected chi connectivity index (χ2v) is 12.1. The molecule has 246 valence electrons. The number of fused-ring (bicyclic) bond motifs is 1. The first-order valence-corrected chi connectivity index (χ1v) is 14.7. The van der Waals surface area contributed by atoms with Crippen LogP contribution >= 0.6 is 0 Å². The second kappa shape index (κ2) is 12.2. The molecule has 0 radical (unpaired) electrons. The lowest BCUT2D eigenvalue weighted by Gasteiger charge is -2.31. The predicted molar refractivity (Wildman–Crippen MR) is 144 cm³/mol. The molecule has 2 fully saturated rings. The number of imidazole rings is 1. The Hall–Kier alpha value is -3.79. The number of aromatic nitrogens is 6. The minimum atomic E-state index is -4.46. The summed E-state index contributed by atoms with van der Waals surface area (Å²) < 4.78 is 95.7. The van der Waals surface area contributed by atoms with Crippen LogP contribution in [0, 0.1) is 11.8 Å². The Labute approximate surface area is 253 Å². The van der Waals surface area contributed by atoms with E-state index in [0.29, 0.717) is 16.9 Å². The Morgan fingerprint density at radius 2 is 1.76 bits per heavy atom. The van der Waals surface area contributed by atoms with Gasteiger partial charge in [-0.3, -0.25) is 9.59 Å². The number of hydrogen-bond donors (Lipinski definition) is 2. The number of halogens is 7. The van der Waals surface area contributed by atoms with E-state index in [1.54, 1.807) is 12.3 Å². The van der Waals surface area contributed by atoms with Gasteiger partial charge in [0.05, 0.1) is 36.5 Å². The number of alkyl halides is 7. The van der Waals surface area contributed by atoms with Gasteiger partial charge >= 0.3 is 6.18 Å². The number of nitrogens with one attached hydrogen (secondary N) is 1. The van der Waals surface area contributed by atoms with Gasteiger partial charge < -0.3 is 11.1 Å². The molecule has 5 rings (SSSR count). The standard InChI is InChI=1S/C28H33F7N8O2/c1-26(29,30)10-11-42-25(23(36)45)40-24(41-42)21(15-4-7-27(31,32)8-5-15)18-14-43-19(38-18)12-17(13-37-43)22(16-2-3-16)39-20(44)6-9-28(33,34)35/h12-16,21-22H,2-11H2,1H3,(H2,36,45)(H,39,44)/t21-,22+/m0/s1. The van der Waals surface area contributed by atoms with E-state index in [2.05, 4.69) is 25.5 Å². The number of rotatable bonds is 12. The van der Waals surface area contributed by atoms with Crippen LogP contribution in [-0.4, -0.2) is 59.2 Å². The highest BCUT2D eigenvalue weighted by Crippen LogP contribution is 2.45. The molecular weight excluding hydrogens is 613 g/mol. The maximum absolute atomic E-state index is 14.1. The summed E-state index contributed by atoms with van der Waals surface area (Å²) in [6.45, 7) is 0.358. The van der Waals surface area contributed by atoms with Crippen LogP contribution < -0.4 is 11.1 Å². The third-order valence-corrected chi connectivity index (χ3v) is 8.27. The first-order chi connectivity index (χ1) is 21.0. The van der Waals surface area contributed by atoms with Gasteiger partial charge in [0.2, 0.25) is 23.6 Å². The molecule has 17 heteroatoms. The van der Waals surface area contributed by atoms with E-state index in [0.717, 1.165) is 24.4 Å². The van der Waals surface area contributed by atoms with Gasteiger partial charge in [0.15, 0.2) is 11.5 Å². The molecule has 2 aliphatic rings. The van der Waals surface area contributed by atoms with Crippen molar-refractivity contribution in [1.29, 1.82) is 0 Å². The van der Waals surface area contributed by atoms with E-state index in [1.807, 2.05) is 0 Å². The second-order valence-electron chi connectivity index (χ2n) is 12.1. The van der Waals surface area contributed by atoms with Gasteiger partial charge in [0.1, 0.15) is 0 Å². The highest BCUT2D eigenvalue weighted by Gasteiger charge is 2.41. The van der Waals surface area contributed by atoms with Gasteiger partial charge in [-0.1, -0.05) is 0 Å². The van der Waals surface area contributed by atoms with Crippen LogP contribution in [0.3, 0.4) is 0 Å². The Kier molecular flexibility index (Phi) is 8.83. The average Bonchev–Trinajstić information content (AvgIpc) is 3.55. The van der Waals surface area contributed by atoms with E-state index < -0.39 is 79.8 Å². The third-order valence-electron chi connectivity index (χ3n) is 8.27. The lowest BCUT2D eigenvalue weighted by molar-refractivity contribution is -0.144. The molecule has 2 amide bonds. The van der Waals surface area contributed by atoms with Gasteiger partial charge in [-0.05, 0) is 56.1 Å². The van der Waals surface area contributed by atoms with Gasteiger partial charge in [-0.25, -0.2) is 36.7 Å². The topological polar surface area (TPSA) is 133 Å². The number of carbonyl (C=O) groups excluding carboxylic acids is 2. The van der Waals surface area contributed by atoms with E-state index >= 15 is 0 Å². The first kappa shape index (κ1) is 32.6. The SMILES string of the molecule is CC(F)(F)CCn1nc([C@H](c2cn3ncc([C@H](NC(=O)CCC(F)(F)F)C4CC4)cc3n2)C2CCC(F)(F)CC2)nc1C(N)=O. The van der Waals surface area contributed by atoms with E-state index in [4.69, 9.17) is 5.73 Å². The molecule has 2 aliphatic carbocycles. The molecule has 0 bridgehead atoms. The predicted octanol–water partition coefficient (Wildman–Crippen LogP) is 5.33. The molecule has 3 N–H and O–H groups in total. The summed E-state index contributed by atoms with van der Waals surface area (Å²) in [6.07, 6.45) is -3.14. The molecule has 3 aromatic rings. The number of aryl methyl sites for hydroxylation is 1. The van der Waals surface area contributed by atoms with Crippen LogP contribution in [0.25, 0.3) is 5.65 Å². The van der Waals surface area contributed by atoms with Gasteiger partial charge in [-0.2, -0.15) is 23.4 Å². The largest absolute Gasteiger partial charge is 0.389 e. The van der Waals surface area contributed by atoms with Crippen LogP contribution in [0.15, 0.2) is 18.5 Å². The fourth-order valence-corrected chi connectivity index (χ4v) is 5.75.